The molecule has 0 atom stereocenters. The average Bonchev–Trinajstić information content (AvgIpc) is 2.66. The summed E-state index contributed by atoms with van der Waals surface area (Å²) >= 11 is 0. The number of para-hydroxylation sites is 1. The van der Waals surface area contributed by atoms with E-state index in [2.05, 4.69) is 43.0 Å². The zero-order valence-electron chi connectivity index (χ0n) is 16.2. The Labute approximate surface area is 154 Å². The molecule has 0 aliphatic heterocycles. The summed E-state index contributed by atoms with van der Waals surface area (Å²) in [4.78, 5) is 4.11. The fourth-order valence-electron chi connectivity index (χ4n) is 2.80. The van der Waals surface area contributed by atoms with Gasteiger partial charge in [0.05, 0.1) is 5.69 Å². The second-order valence-corrected chi connectivity index (χ2v) is 6.39. The van der Waals surface area contributed by atoms with Crippen LogP contribution in [0.2, 0.25) is 0 Å². The van der Waals surface area contributed by atoms with Crippen molar-refractivity contribution in [1.29, 1.82) is 0 Å². The molecule has 0 saturated heterocycles. The molecule has 0 radical (unpaired) electrons. The number of aliphatic imine (C=N–C) groups is 1. The van der Waals surface area contributed by atoms with E-state index in [0.29, 0.717) is 0 Å². The van der Waals surface area contributed by atoms with Crippen LogP contribution in [0, 0.1) is 0 Å². The fraction of sp³-hybridized carbons (Fsp3) is 0.591. The highest BCUT2D eigenvalue weighted by atomic mass is 16.5. The van der Waals surface area contributed by atoms with Crippen molar-refractivity contribution in [2.75, 3.05) is 19.8 Å². The Bertz CT molecular complexity index is 497. The molecule has 3 nitrogen and oxygen atoms in total. The van der Waals surface area contributed by atoms with Crippen molar-refractivity contribution in [2.45, 2.75) is 65.2 Å². The van der Waals surface area contributed by atoms with Gasteiger partial charge in [-0.2, -0.15) is 0 Å². The largest absolute Gasteiger partial charge is 0.385 e. The zero-order valence-corrected chi connectivity index (χ0v) is 16.2. The summed E-state index contributed by atoms with van der Waals surface area (Å²) in [6.07, 6.45) is 12.1. The van der Waals surface area contributed by atoms with Gasteiger partial charge >= 0.3 is 0 Å². The Kier molecular flexibility index (Phi) is 12.6. The molecule has 0 spiro atoms. The summed E-state index contributed by atoms with van der Waals surface area (Å²) in [7, 11) is 0. The van der Waals surface area contributed by atoms with Crippen molar-refractivity contribution in [2.24, 2.45) is 4.99 Å². The minimum Gasteiger partial charge on any atom is -0.385 e. The quantitative estimate of drug-likeness (QED) is 0.307. The summed E-state index contributed by atoms with van der Waals surface area (Å²) in [5.41, 5.74) is 3.21. The molecule has 0 fully saturated rings. The van der Waals surface area contributed by atoms with E-state index in [4.69, 9.17) is 4.74 Å². The number of hydrogen-bond acceptors (Lipinski definition) is 3. The van der Waals surface area contributed by atoms with Crippen LogP contribution in [0.15, 0.2) is 35.3 Å². The van der Waals surface area contributed by atoms with Gasteiger partial charge in [-0.15, -0.1) is 0 Å². The monoisotopic (exact) mass is 344 g/mol. The van der Waals surface area contributed by atoms with Crippen molar-refractivity contribution in [3.05, 3.63) is 35.9 Å². The summed E-state index contributed by atoms with van der Waals surface area (Å²) in [6.45, 7) is 10.8. The van der Waals surface area contributed by atoms with Crippen LogP contribution in [0.5, 0.6) is 0 Å². The molecular formula is C22H36N2O. The number of benzene rings is 1. The lowest BCUT2D eigenvalue weighted by molar-refractivity contribution is 0.127. The Morgan fingerprint density at radius 2 is 1.72 bits per heavy atom. The molecular weight excluding hydrogens is 308 g/mol. The van der Waals surface area contributed by atoms with E-state index >= 15 is 0 Å². The van der Waals surface area contributed by atoms with Crippen LogP contribution >= 0.6 is 0 Å². The smallest absolute Gasteiger partial charge is 0.0715 e. The lowest BCUT2D eigenvalue weighted by atomic mass is 10.1. The highest BCUT2D eigenvalue weighted by Gasteiger charge is 2.04. The van der Waals surface area contributed by atoms with E-state index in [1.54, 1.807) is 0 Å². The van der Waals surface area contributed by atoms with Gasteiger partial charge in [0.15, 0.2) is 0 Å². The number of ether oxygens (including phenoxy) is 1. The van der Waals surface area contributed by atoms with Gasteiger partial charge in [0.25, 0.3) is 0 Å². The summed E-state index contributed by atoms with van der Waals surface area (Å²) < 4.78 is 5.59. The number of unbranched alkanes of at least 4 members (excludes halogenated alkanes) is 6. The SMILES string of the molecule is C=Nc1ccccc1/C(=C\C)NCCCCCCCCOCCCC. The lowest BCUT2D eigenvalue weighted by Crippen LogP contribution is -2.13. The Morgan fingerprint density at radius 3 is 2.44 bits per heavy atom. The topological polar surface area (TPSA) is 33.6 Å². The molecule has 0 heterocycles. The van der Waals surface area contributed by atoms with Gasteiger partial charge in [-0.1, -0.05) is 63.3 Å². The normalized spacial score (nSPS) is 11.5. The van der Waals surface area contributed by atoms with Crippen LogP contribution in [-0.2, 0) is 4.74 Å². The third-order valence-electron chi connectivity index (χ3n) is 4.33. The van der Waals surface area contributed by atoms with Crippen molar-refractivity contribution >= 4 is 18.1 Å². The van der Waals surface area contributed by atoms with Crippen LogP contribution in [-0.4, -0.2) is 26.5 Å². The third-order valence-corrected chi connectivity index (χ3v) is 4.33. The molecule has 0 aliphatic carbocycles. The molecule has 0 saturated carbocycles. The van der Waals surface area contributed by atoms with Crippen molar-refractivity contribution in [3.63, 3.8) is 0 Å². The number of nitrogens with zero attached hydrogens (tertiary/aromatic N) is 1. The maximum Gasteiger partial charge on any atom is 0.0715 e. The van der Waals surface area contributed by atoms with E-state index in [-0.39, 0.29) is 0 Å². The Morgan fingerprint density at radius 1 is 1.04 bits per heavy atom. The van der Waals surface area contributed by atoms with E-state index < -0.39 is 0 Å². The molecule has 0 bridgehead atoms. The van der Waals surface area contributed by atoms with E-state index in [0.717, 1.165) is 36.7 Å². The molecule has 0 amide bonds. The molecule has 0 aliphatic rings. The van der Waals surface area contributed by atoms with Gasteiger partial charge in [-0.25, -0.2) is 0 Å². The predicted molar refractivity (Wildman–Crippen MR) is 111 cm³/mol. The average molecular weight is 345 g/mol. The van der Waals surface area contributed by atoms with Crippen molar-refractivity contribution in [1.82, 2.24) is 5.32 Å². The van der Waals surface area contributed by atoms with Gasteiger partial charge < -0.3 is 10.1 Å². The third kappa shape index (κ3) is 9.45. The Balaban J connectivity index is 2.08. The first-order valence-corrected chi connectivity index (χ1v) is 9.87. The molecule has 140 valence electrons. The minimum absolute atomic E-state index is 0.931. The van der Waals surface area contributed by atoms with Gasteiger partial charge in [0.1, 0.15) is 0 Å². The molecule has 3 heteroatoms. The maximum atomic E-state index is 5.59. The van der Waals surface area contributed by atoms with E-state index in [9.17, 15) is 0 Å². The number of nitrogens with one attached hydrogen (secondary N) is 1. The molecule has 1 rings (SSSR count). The number of hydrogen-bond donors (Lipinski definition) is 1. The lowest BCUT2D eigenvalue weighted by Gasteiger charge is -2.13. The second-order valence-electron chi connectivity index (χ2n) is 6.39. The second kappa shape index (κ2) is 14.7. The van der Waals surface area contributed by atoms with Crippen LogP contribution in [0.4, 0.5) is 5.69 Å². The highest BCUT2D eigenvalue weighted by molar-refractivity contribution is 5.74. The summed E-state index contributed by atoms with van der Waals surface area (Å²) in [5, 5.41) is 3.54. The summed E-state index contributed by atoms with van der Waals surface area (Å²) in [6, 6.07) is 8.13. The van der Waals surface area contributed by atoms with Crippen LogP contribution in [0.3, 0.4) is 0 Å². The predicted octanol–water partition coefficient (Wildman–Crippen LogP) is 6.13. The van der Waals surface area contributed by atoms with Crippen molar-refractivity contribution in [3.8, 4) is 0 Å². The van der Waals surface area contributed by atoms with E-state index in [1.165, 1.54) is 51.4 Å². The van der Waals surface area contributed by atoms with Gasteiger partial charge in [0, 0.05) is 31.0 Å². The van der Waals surface area contributed by atoms with E-state index in [1.807, 2.05) is 18.2 Å². The molecule has 1 N–H and O–H groups in total. The van der Waals surface area contributed by atoms with Crippen LogP contribution in [0.25, 0.3) is 5.70 Å². The highest BCUT2D eigenvalue weighted by Crippen LogP contribution is 2.24. The summed E-state index contributed by atoms with van der Waals surface area (Å²) in [5.74, 6) is 0. The molecule has 1 aromatic rings. The fourth-order valence-corrected chi connectivity index (χ4v) is 2.80. The molecule has 25 heavy (non-hydrogen) atoms. The van der Waals surface area contributed by atoms with Crippen molar-refractivity contribution < 1.29 is 4.74 Å². The molecule has 0 unspecified atom stereocenters. The van der Waals surface area contributed by atoms with Crippen LogP contribution < -0.4 is 5.32 Å². The van der Waals surface area contributed by atoms with Gasteiger partial charge in [-0.3, -0.25) is 4.99 Å². The Hall–Kier alpha value is -1.61. The zero-order chi connectivity index (χ0) is 18.2. The molecule has 1 aromatic carbocycles. The number of allylic oxidation sites excluding steroid dienone is 1. The standard InChI is InChI=1S/C22H36N2O/c1-4-6-18-25-19-14-10-8-7-9-13-17-24-21(5-2)20-15-11-12-16-22(20)23-3/h5,11-12,15-16,24H,3-4,6-10,13-14,17-19H2,1-2H3/b21-5+. The van der Waals surface area contributed by atoms with Crippen LogP contribution in [0.1, 0.15) is 70.8 Å². The first-order valence-electron chi connectivity index (χ1n) is 9.87. The van der Waals surface area contributed by atoms with Gasteiger partial charge in [-0.05, 0) is 39.0 Å². The maximum absolute atomic E-state index is 5.59. The minimum atomic E-state index is 0.931. The molecule has 0 aromatic heterocycles. The van der Waals surface area contributed by atoms with Gasteiger partial charge in [0.2, 0.25) is 0 Å². The number of rotatable bonds is 15. The first-order chi connectivity index (χ1) is 12.3. The first kappa shape index (κ1) is 21.4.